The molecule has 0 spiro atoms. The van der Waals surface area contributed by atoms with Gasteiger partial charge in [-0.1, -0.05) is 30.3 Å². The maximum absolute atomic E-state index is 8.58. The number of nitrogens with zero attached hydrogens (tertiary/aromatic N) is 1. The van der Waals surface area contributed by atoms with E-state index in [0.717, 1.165) is 10.0 Å². The van der Waals surface area contributed by atoms with E-state index in [1.165, 1.54) is 0 Å². The lowest BCUT2D eigenvalue weighted by atomic mass is 10.2. The summed E-state index contributed by atoms with van der Waals surface area (Å²) in [4.78, 5) is 0. The van der Waals surface area contributed by atoms with E-state index in [1.807, 2.05) is 36.4 Å². The van der Waals surface area contributed by atoms with Gasteiger partial charge in [0.1, 0.15) is 10.6 Å². The maximum atomic E-state index is 8.58. The lowest BCUT2D eigenvalue weighted by Gasteiger charge is -1.97. The van der Waals surface area contributed by atoms with Gasteiger partial charge in [0.2, 0.25) is 0 Å². The van der Waals surface area contributed by atoms with Crippen LogP contribution in [0.5, 0.6) is 0 Å². The fourth-order valence-electron chi connectivity index (χ4n) is 0.760. The molecule has 0 heterocycles. The first-order valence-corrected chi connectivity index (χ1v) is 4.85. The summed E-state index contributed by atoms with van der Waals surface area (Å²) in [5.74, 6) is 0. The van der Waals surface area contributed by atoms with Crippen LogP contribution in [0.1, 0.15) is 5.56 Å². The van der Waals surface area contributed by atoms with Crippen LogP contribution in [0.15, 0.2) is 34.8 Å². The number of allylic oxidation sites excluding steroid dienone is 1. The van der Waals surface area contributed by atoms with Gasteiger partial charge in [-0.2, -0.15) is 5.26 Å². The second kappa shape index (κ2) is 4.44. The van der Waals surface area contributed by atoms with Crippen LogP contribution in [0.4, 0.5) is 0 Å². The van der Waals surface area contributed by atoms with Crippen LogP contribution in [0.3, 0.4) is 0 Å². The summed E-state index contributed by atoms with van der Waals surface area (Å²) in [6, 6.07) is 11.7. The summed E-state index contributed by atoms with van der Waals surface area (Å²) < 4.78 is 1.29. The van der Waals surface area contributed by atoms with Gasteiger partial charge in [0.05, 0.1) is 0 Å². The fourth-order valence-corrected chi connectivity index (χ4v) is 1.34. The first-order valence-electron chi connectivity index (χ1n) is 3.26. The molecule has 0 amide bonds. The number of hydrogen-bond acceptors (Lipinski definition) is 1. The second-order valence-corrected chi connectivity index (χ2v) is 3.69. The molecule has 0 atom stereocenters. The van der Waals surface area contributed by atoms with Crippen LogP contribution in [0, 0.1) is 11.3 Å². The maximum Gasteiger partial charge on any atom is 0.110 e. The summed E-state index contributed by atoms with van der Waals surface area (Å²) in [5.41, 5.74) is 0.992. The monoisotopic (exact) mass is 285 g/mol. The van der Waals surface area contributed by atoms with Crippen molar-refractivity contribution in [2.45, 2.75) is 0 Å². The minimum Gasteiger partial charge on any atom is -0.192 e. The molecular formula is C9H5Br2N. The van der Waals surface area contributed by atoms with Crippen molar-refractivity contribution in [1.29, 1.82) is 5.26 Å². The molecular weight excluding hydrogens is 282 g/mol. The molecule has 1 rings (SSSR count). The Hall–Kier alpha value is -0.590. The zero-order valence-corrected chi connectivity index (χ0v) is 9.26. The van der Waals surface area contributed by atoms with Gasteiger partial charge in [-0.05, 0) is 37.4 Å². The van der Waals surface area contributed by atoms with Crippen LogP contribution >= 0.6 is 31.9 Å². The van der Waals surface area contributed by atoms with Crippen molar-refractivity contribution in [3.05, 3.63) is 40.4 Å². The Morgan fingerprint density at radius 3 is 2.25 bits per heavy atom. The topological polar surface area (TPSA) is 23.8 Å². The van der Waals surface area contributed by atoms with Crippen molar-refractivity contribution in [1.82, 2.24) is 0 Å². The van der Waals surface area contributed by atoms with Gasteiger partial charge in [-0.3, -0.25) is 0 Å². The summed E-state index contributed by atoms with van der Waals surface area (Å²) in [7, 11) is 0. The van der Waals surface area contributed by atoms with E-state index in [0.29, 0.717) is 4.48 Å². The highest BCUT2D eigenvalue weighted by molar-refractivity contribution is 9.16. The van der Waals surface area contributed by atoms with E-state index in [1.54, 1.807) is 0 Å². The summed E-state index contributed by atoms with van der Waals surface area (Å²) in [5, 5.41) is 8.58. The van der Waals surface area contributed by atoms with E-state index >= 15 is 0 Å². The van der Waals surface area contributed by atoms with Gasteiger partial charge < -0.3 is 0 Å². The zero-order valence-electron chi connectivity index (χ0n) is 6.09. The highest BCUT2D eigenvalue weighted by Crippen LogP contribution is 2.27. The van der Waals surface area contributed by atoms with E-state index in [9.17, 15) is 0 Å². The number of nitriles is 1. The average Bonchev–Trinajstić information content (AvgIpc) is 2.17. The molecule has 0 aliphatic heterocycles. The van der Waals surface area contributed by atoms with E-state index in [4.69, 9.17) is 5.26 Å². The Labute approximate surface area is 88.0 Å². The SMILES string of the molecule is N#C/C(Br)=C(\Br)c1ccccc1. The van der Waals surface area contributed by atoms with Crippen LogP contribution < -0.4 is 0 Å². The first-order chi connectivity index (χ1) is 5.75. The molecule has 0 aromatic heterocycles. The van der Waals surface area contributed by atoms with Crippen LogP contribution in [0.25, 0.3) is 4.48 Å². The minimum atomic E-state index is 0.508. The number of rotatable bonds is 1. The molecule has 0 aliphatic carbocycles. The summed E-state index contributed by atoms with van der Waals surface area (Å²) in [6.45, 7) is 0. The molecule has 60 valence electrons. The first kappa shape index (κ1) is 9.50. The minimum absolute atomic E-state index is 0.508. The average molecular weight is 287 g/mol. The van der Waals surface area contributed by atoms with Crippen molar-refractivity contribution in [2.75, 3.05) is 0 Å². The van der Waals surface area contributed by atoms with E-state index in [2.05, 4.69) is 31.9 Å². The molecule has 0 N–H and O–H groups in total. The predicted molar refractivity (Wildman–Crippen MR) is 56.8 cm³/mol. The molecule has 1 nitrogen and oxygen atoms in total. The molecule has 1 aromatic carbocycles. The van der Waals surface area contributed by atoms with E-state index in [-0.39, 0.29) is 0 Å². The molecule has 12 heavy (non-hydrogen) atoms. The molecule has 0 aliphatic rings. The number of halogens is 2. The second-order valence-electron chi connectivity index (χ2n) is 2.11. The summed E-state index contributed by atoms with van der Waals surface area (Å²) >= 11 is 6.47. The lowest BCUT2D eigenvalue weighted by Crippen LogP contribution is -1.76. The molecule has 0 unspecified atom stereocenters. The molecule has 0 bridgehead atoms. The smallest absolute Gasteiger partial charge is 0.110 e. The third-order valence-electron chi connectivity index (χ3n) is 1.32. The zero-order chi connectivity index (χ0) is 8.97. The van der Waals surface area contributed by atoms with E-state index < -0.39 is 0 Å². The van der Waals surface area contributed by atoms with Crippen molar-refractivity contribution in [3.63, 3.8) is 0 Å². The molecule has 0 radical (unpaired) electrons. The molecule has 0 saturated carbocycles. The van der Waals surface area contributed by atoms with Crippen molar-refractivity contribution in [3.8, 4) is 6.07 Å². The Bertz CT molecular complexity index is 335. The third kappa shape index (κ3) is 2.20. The van der Waals surface area contributed by atoms with Gasteiger partial charge in [0, 0.05) is 4.48 Å². The highest BCUT2D eigenvalue weighted by Gasteiger charge is 2.01. The normalized spacial score (nSPS) is 11.8. The van der Waals surface area contributed by atoms with Gasteiger partial charge >= 0.3 is 0 Å². The Balaban J connectivity index is 3.11. The lowest BCUT2D eigenvalue weighted by molar-refractivity contribution is 1.53. The molecule has 0 fully saturated rings. The van der Waals surface area contributed by atoms with Gasteiger partial charge in [0.25, 0.3) is 0 Å². The fraction of sp³-hybridized carbons (Fsp3) is 0. The standard InChI is InChI=1S/C9H5Br2N/c10-8(6-12)9(11)7-4-2-1-3-5-7/h1-5H/b9-8+. The van der Waals surface area contributed by atoms with Crippen LogP contribution in [0.2, 0.25) is 0 Å². The third-order valence-corrected chi connectivity index (χ3v) is 3.28. The number of benzene rings is 1. The highest BCUT2D eigenvalue weighted by atomic mass is 79.9. The Morgan fingerprint density at radius 2 is 1.75 bits per heavy atom. The van der Waals surface area contributed by atoms with Gasteiger partial charge in [-0.25, -0.2) is 0 Å². The van der Waals surface area contributed by atoms with Crippen molar-refractivity contribution >= 4 is 36.3 Å². The van der Waals surface area contributed by atoms with Crippen LogP contribution in [-0.4, -0.2) is 0 Å². The van der Waals surface area contributed by atoms with Crippen molar-refractivity contribution in [2.24, 2.45) is 0 Å². The van der Waals surface area contributed by atoms with Gasteiger partial charge in [-0.15, -0.1) is 0 Å². The van der Waals surface area contributed by atoms with Crippen LogP contribution in [-0.2, 0) is 0 Å². The quantitative estimate of drug-likeness (QED) is 0.723. The predicted octanol–water partition coefficient (Wildman–Crippen LogP) is 3.67. The Morgan fingerprint density at radius 1 is 1.17 bits per heavy atom. The number of hydrogen-bond donors (Lipinski definition) is 0. The largest absolute Gasteiger partial charge is 0.192 e. The van der Waals surface area contributed by atoms with Gasteiger partial charge in [0.15, 0.2) is 0 Å². The molecule has 0 saturated heterocycles. The molecule has 3 heteroatoms. The summed E-state index contributed by atoms with van der Waals surface area (Å²) in [6.07, 6.45) is 0. The Kier molecular flexibility index (Phi) is 3.51. The van der Waals surface area contributed by atoms with Crippen molar-refractivity contribution < 1.29 is 0 Å². The molecule has 1 aromatic rings.